The van der Waals surface area contributed by atoms with Gasteiger partial charge in [0.05, 0.1) is 12.5 Å². The van der Waals surface area contributed by atoms with Crippen molar-refractivity contribution in [2.24, 2.45) is 0 Å². The third-order valence-corrected chi connectivity index (χ3v) is 4.65. The maximum atomic E-state index is 13.0. The van der Waals surface area contributed by atoms with Gasteiger partial charge >= 0.3 is 18.3 Å². The molecule has 3 amide bonds. The number of carbonyl (C=O) groups is 3. The Morgan fingerprint density at radius 1 is 1.24 bits per heavy atom. The molecular weight excluding hydrogens is 454 g/mol. The van der Waals surface area contributed by atoms with Crippen LogP contribution in [-0.2, 0) is 9.59 Å². The molecule has 0 radical (unpaired) electrons. The Bertz CT molecular complexity index is 1050. The number of alkyl halides is 2. The normalized spacial score (nSPS) is 17.8. The van der Waals surface area contributed by atoms with Gasteiger partial charge in [-0.1, -0.05) is 19.9 Å². The number of aromatic nitrogens is 1. The van der Waals surface area contributed by atoms with Gasteiger partial charge in [0.1, 0.15) is 11.9 Å². The second-order valence-electron chi connectivity index (χ2n) is 7.12. The molecule has 0 aliphatic carbocycles. The molecule has 4 N–H and O–H groups in total. The monoisotopic (exact) mass is 480 g/mol. The summed E-state index contributed by atoms with van der Waals surface area (Å²) in [7, 11) is 0. The van der Waals surface area contributed by atoms with Crippen molar-refractivity contribution >= 4 is 23.7 Å². The van der Waals surface area contributed by atoms with Crippen molar-refractivity contribution in [1.29, 1.82) is 0 Å². The van der Waals surface area contributed by atoms with Crippen molar-refractivity contribution in [2.75, 3.05) is 5.73 Å². The average Bonchev–Trinajstić information content (AvgIpc) is 3.06. The number of hydrogen-bond acceptors (Lipinski definition) is 7. The van der Waals surface area contributed by atoms with E-state index in [1.807, 2.05) is 32.9 Å². The number of aliphatic carboxylic acids is 1. The number of urea groups is 1. The zero-order valence-corrected chi connectivity index (χ0v) is 19.0. The Morgan fingerprint density at radius 3 is 2.41 bits per heavy atom. The third kappa shape index (κ3) is 6.30. The number of halogens is 2. The zero-order chi connectivity index (χ0) is 25.6. The lowest BCUT2D eigenvalue weighted by molar-refractivity contribution is -0.286. The molecule has 10 nitrogen and oxygen atoms in total. The van der Waals surface area contributed by atoms with Crippen molar-refractivity contribution in [3.63, 3.8) is 0 Å². The highest BCUT2D eigenvalue weighted by Gasteiger charge is 2.46. The molecular formula is C22H26F2N4O6. The summed E-state index contributed by atoms with van der Waals surface area (Å²) >= 11 is 0. The number of rotatable bonds is 3. The molecule has 1 fully saturated rings. The minimum Gasteiger partial charge on any atom is -0.480 e. The number of carboxylic acids is 1. The molecule has 0 bridgehead atoms. The van der Waals surface area contributed by atoms with E-state index in [-0.39, 0.29) is 17.9 Å². The lowest BCUT2D eigenvalue weighted by Crippen LogP contribution is -2.61. The van der Waals surface area contributed by atoms with Crippen LogP contribution in [0.4, 0.5) is 19.4 Å². The first-order valence-electron chi connectivity index (χ1n) is 10.4. The maximum Gasteiger partial charge on any atom is 0.586 e. The first kappa shape index (κ1) is 26.3. The number of nitrogens with zero attached hydrogens (tertiary/aromatic N) is 2. The molecule has 2 aliphatic rings. The van der Waals surface area contributed by atoms with Crippen LogP contribution >= 0.6 is 0 Å². The number of pyridine rings is 1. The number of nitrogen functional groups attached to an aromatic ring is 1. The van der Waals surface area contributed by atoms with E-state index < -0.39 is 36.3 Å². The number of nitrogens with two attached hydrogens (primary N) is 1. The number of likely N-dealkylation sites (tertiary alicyclic amines) is 1. The van der Waals surface area contributed by atoms with Crippen molar-refractivity contribution in [2.45, 2.75) is 52.5 Å². The van der Waals surface area contributed by atoms with Crippen LogP contribution in [0.3, 0.4) is 0 Å². The Kier molecular flexibility index (Phi) is 8.33. The molecule has 1 unspecified atom stereocenters. The lowest BCUT2D eigenvalue weighted by Gasteiger charge is -2.36. The quantitative estimate of drug-likeness (QED) is 0.567. The second kappa shape index (κ2) is 10.8. The van der Waals surface area contributed by atoms with E-state index in [0.717, 1.165) is 5.56 Å². The predicted molar refractivity (Wildman–Crippen MR) is 117 cm³/mol. The number of amides is 3. The number of carbonyl (C=O) groups excluding carboxylic acids is 2. The number of anilines is 1. The van der Waals surface area contributed by atoms with Crippen LogP contribution < -0.4 is 20.5 Å². The number of hydrogen-bond donors (Lipinski definition) is 3. The molecule has 34 heavy (non-hydrogen) atoms. The van der Waals surface area contributed by atoms with Crippen LogP contribution in [0.25, 0.3) is 0 Å². The van der Waals surface area contributed by atoms with Crippen LogP contribution in [0.1, 0.15) is 44.4 Å². The zero-order valence-electron chi connectivity index (χ0n) is 19.0. The fraction of sp³-hybridized carbons (Fsp3) is 0.364. The topological polar surface area (TPSA) is 144 Å². The standard InChI is InChI=1S/C14H12F2N2O6.C6H8N2.C2H6/c1-6(17-13(22)18-8(12(20)21)5-11(18)19)7-2-3-9-10(4-7)24-14(15,16)23-9;1-5-2-3-8-6(7)4-5;1-2/h2-4,6,8H,5H2,1H3,(H,17,22)(H,20,21);2-4H,1H3,(H2,7,8);1-2H3/t6?,8-;;/m0../s1. The fourth-order valence-corrected chi connectivity index (χ4v) is 3.00. The smallest absolute Gasteiger partial charge is 0.480 e. The molecule has 0 spiro atoms. The number of aryl methyl sites for hydroxylation is 1. The molecule has 1 aromatic heterocycles. The molecule has 2 atom stereocenters. The first-order valence-corrected chi connectivity index (χ1v) is 10.4. The number of nitrogens with one attached hydrogen (secondary N) is 1. The molecule has 2 aliphatic heterocycles. The van der Waals surface area contributed by atoms with Gasteiger partial charge in [-0.15, -0.1) is 8.78 Å². The molecule has 4 rings (SSSR count). The lowest BCUT2D eigenvalue weighted by atomic mass is 10.0. The van der Waals surface area contributed by atoms with Crippen LogP contribution in [0, 0.1) is 6.92 Å². The van der Waals surface area contributed by atoms with Gasteiger partial charge in [-0.3, -0.25) is 4.79 Å². The Morgan fingerprint density at radius 2 is 1.88 bits per heavy atom. The van der Waals surface area contributed by atoms with Crippen LogP contribution in [0.5, 0.6) is 11.5 Å². The van der Waals surface area contributed by atoms with Gasteiger partial charge in [0.2, 0.25) is 5.91 Å². The highest BCUT2D eigenvalue weighted by atomic mass is 19.3. The fourth-order valence-electron chi connectivity index (χ4n) is 3.00. The second-order valence-corrected chi connectivity index (χ2v) is 7.12. The van der Waals surface area contributed by atoms with Gasteiger partial charge in [0.25, 0.3) is 0 Å². The summed E-state index contributed by atoms with van der Waals surface area (Å²) in [4.78, 5) is 38.8. The maximum absolute atomic E-state index is 13.0. The van der Waals surface area contributed by atoms with E-state index in [1.54, 1.807) is 13.1 Å². The number of ether oxygens (including phenoxy) is 2. The van der Waals surface area contributed by atoms with E-state index in [1.165, 1.54) is 18.2 Å². The summed E-state index contributed by atoms with van der Waals surface area (Å²) in [5.74, 6) is -1.60. The number of β-lactam (4-membered cyclic amide) rings is 1. The first-order chi connectivity index (χ1) is 16.0. The third-order valence-electron chi connectivity index (χ3n) is 4.65. The van der Waals surface area contributed by atoms with Crippen LogP contribution in [-0.4, -0.2) is 45.2 Å². The minimum absolute atomic E-state index is 0.133. The van der Waals surface area contributed by atoms with E-state index in [9.17, 15) is 23.2 Å². The van der Waals surface area contributed by atoms with Crippen LogP contribution in [0.15, 0.2) is 36.5 Å². The predicted octanol–water partition coefficient (Wildman–Crippen LogP) is 3.46. The summed E-state index contributed by atoms with van der Waals surface area (Å²) in [6.45, 7) is 7.53. The molecule has 12 heteroatoms. The van der Waals surface area contributed by atoms with E-state index in [0.29, 0.717) is 16.3 Å². The summed E-state index contributed by atoms with van der Waals surface area (Å²) < 4.78 is 34.6. The van der Waals surface area contributed by atoms with Gasteiger partial charge in [0.15, 0.2) is 11.5 Å². The molecule has 2 aromatic rings. The largest absolute Gasteiger partial charge is 0.586 e. The molecule has 1 aromatic carbocycles. The van der Waals surface area contributed by atoms with Crippen molar-refractivity contribution in [3.05, 3.63) is 47.7 Å². The Hall–Kier alpha value is -3.96. The van der Waals surface area contributed by atoms with E-state index in [4.69, 9.17) is 10.8 Å². The number of fused-ring (bicyclic) bond motifs is 1. The highest BCUT2D eigenvalue weighted by Crippen LogP contribution is 2.42. The Labute approximate surface area is 194 Å². The SMILES string of the molecule is CC.CC(NC(=O)N1C(=O)C[C@H]1C(=O)O)c1ccc2c(c1)OC(F)(F)O2.Cc1ccnc(N)c1. The van der Waals surface area contributed by atoms with Gasteiger partial charge in [0, 0.05) is 6.20 Å². The molecule has 1 saturated heterocycles. The number of carboxylic acid groups (broad SMARTS) is 1. The summed E-state index contributed by atoms with van der Waals surface area (Å²) in [6, 6.07) is 4.99. The molecule has 3 heterocycles. The highest BCUT2D eigenvalue weighted by molar-refractivity contribution is 6.05. The molecule has 184 valence electrons. The van der Waals surface area contributed by atoms with Crippen molar-refractivity contribution < 1.29 is 37.7 Å². The number of imide groups is 1. The number of benzene rings is 1. The minimum atomic E-state index is -3.74. The summed E-state index contributed by atoms with van der Waals surface area (Å²) in [5.41, 5.74) is 6.92. The van der Waals surface area contributed by atoms with E-state index >= 15 is 0 Å². The van der Waals surface area contributed by atoms with Crippen molar-refractivity contribution in [1.82, 2.24) is 15.2 Å². The summed E-state index contributed by atoms with van der Waals surface area (Å²) in [5, 5.41) is 11.3. The average molecular weight is 480 g/mol. The van der Waals surface area contributed by atoms with Gasteiger partial charge in [-0.25, -0.2) is 19.5 Å². The van der Waals surface area contributed by atoms with Gasteiger partial charge < -0.3 is 25.6 Å². The Balaban J connectivity index is 0.000000343. The van der Waals surface area contributed by atoms with Gasteiger partial charge in [-0.05, 0) is 49.2 Å². The van der Waals surface area contributed by atoms with Gasteiger partial charge in [-0.2, -0.15) is 0 Å². The van der Waals surface area contributed by atoms with Crippen molar-refractivity contribution in [3.8, 4) is 11.5 Å². The summed E-state index contributed by atoms with van der Waals surface area (Å²) in [6.07, 6.45) is -2.28. The van der Waals surface area contributed by atoms with Crippen LogP contribution in [0.2, 0.25) is 0 Å². The van der Waals surface area contributed by atoms with E-state index in [2.05, 4.69) is 19.8 Å². The molecule has 0 saturated carbocycles.